The lowest BCUT2D eigenvalue weighted by molar-refractivity contribution is 0.341. The Balaban J connectivity index is 1.20. The van der Waals surface area contributed by atoms with Crippen molar-refractivity contribution in [2.75, 3.05) is 22.4 Å². The third kappa shape index (κ3) is 4.10. The van der Waals surface area contributed by atoms with Crippen LogP contribution in [0, 0.1) is 5.92 Å². The number of anilines is 2. The van der Waals surface area contributed by atoms with Gasteiger partial charge in [-0.1, -0.05) is 0 Å². The molecule has 1 saturated carbocycles. The number of nitrogens with zero attached hydrogens (tertiary/aromatic N) is 3. The number of fused-ring (bicyclic) bond motifs is 2. The lowest BCUT2D eigenvalue weighted by Crippen LogP contribution is -2.37. The Morgan fingerprint density at radius 1 is 1.06 bits per heavy atom. The van der Waals surface area contributed by atoms with Gasteiger partial charge in [-0.05, 0) is 61.9 Å². The van der Waals surface area contributed by atoms with Crippen LogP contribution in [0.4, 0.5) is 11.5 Å². The number of nitrogens with one attached hydrogen (secondary N) is 3. The van der Waals surface area contributed by atoms with Gasteiger partial charge in [-0.2, -0.15) is 0 Å². The monoisotopic (exact) mass is 438 g/mol. The largest absolute Gasteiger partial charge is 0.361 e. The summed E-state index contributed by atoms with van der Waals surface area (Å²) in [6, 6.07) is 9.82. The highest BCUT2D eigenvalue weighted by Gasteiger charge is 2.28. The van der Waals surface area contributed by atoms with Gasteiger partial charge in [-0.3, -0.25) is 4.72 Å². The van der Waals surface area contributed by atoms with Crippen molar-refractivity contribution in [2.24, 2.45) is 5.92 Å². The fourth-order valence-electron chi connectivity index (χ4n) is 4.66. The average molecular weight is 439 g/mol. The van der Waals surface area contributed by atoms with E-state index >= 15 is 0 Å². The van der Waals surface area contributed by atoms with Crippen molar-refractivity contribution >= 4 is 43.5 Å². The number of aromatic amines is 2. The van der Waals surface area contributed by atoms with Crippen molar-refractivity contribution in [3.8, 4) is 0 Å². The Bertz CT molecular complexity index is 1300. The molecule has 4 aromatic rings. The van der Waals surface area contributed by atoms with Crippen LogP contribution >= 0.6 is 0 Å². The van der Waals surface area contributed by atoms with E-state index in [9.17, 15) is 8.42 Å². The number of benzene rings is 1. The van der Waals surface area contributed by atoms with Crippen LogP contribution in [-0.4, -0.2) is 47.2 Å². The van der Waals surface area contributed by atoms with Crippen molar-refractivity contribution in [3.63, 3.8) is 0 Å². The Labute approximate surface area is 181 Å². The van der Waals surface area contributed by atoms with E-state index in [1.54, 1.807) is 12.4 Å². The first-order chi connectivity index (χ1) is 15.0. The number of rotatable bonds is 6. The van der Waals surface area contributed by atoms with Crippen LogP contribution < -0.4 is 9.62 Å². The molecule has 162 valence electrons. The van der Waals surface area contributed by atoms with E-state index in [-0.39, 0.29) is 11.7 Å². The molecule has 0 saturated heterocycles. The third-order valence-corrected chi connectivity index (χ3v) is 7.77. The molecule has 3 heterocycles. The van der Waals surface area contributed by atoms with Gasteiger partial charge in [-0.25, -0.2) is 18.4 Å². The second kappa shape index (κ2) is 7.88. The van der Waals surface area contributed by atoms with Gasteiger partial charge in [0.1, 0.15) is 17.8 Å². The molecule has 1 aliphatic rings. The summed E-state index contributed by atoms with van der Waals surface area (Å²) >= 11 is 0. The molecule has 8 nitrogen and oxygen atoms in total. The number of aromatic nitrogens is 4. The molecule has 3 aromatic heterocycles. The van der Waals surface area contributed by atoms with E-state index in [1.165, 1.54) is 0 Å². The smallest absolute Gasteiger partial charge is 0.232 e. The van der Waals surface area contributed by atoms with Gasteiger partial charge in [-0.15, -0.1) is 0 Å². The second-order valence-electron chi connectivity index (χ2n) is 8.39. The molecular formula is C22H26N6O2S. The number of sulfonamides is 1. The van der Waals surface area contributed by atoms with Gasteiger partial charge in [0.2, 0.25) is 10.0 Å². The van der Waals surface area contributed by atoms with E-state index < -0.39 is 10.0 Å². The summed E-state index contributed by atoms with van der Waals surface area (Å²) in [6.07, 6.45) is 8.96. The summed E-state index contributed by atoms with van der Waals surface area (Å²) < 4.78 is 28.2. The lowest BCUT2D eigenvalue weighted by Gasteiger charge is -2.35. The first-order valence-electron chi connectivity index (χ1n) is 10.6. The van der Waals surface area contributed by atoms with E-state index in [1.807, 2.05) is 36.7 Å². The molecule has 0 spiro atoms. The molecule has 0 unspecified atom stereocenters. The third-order valence-electron chi connectivity index (χ3n) is 6.31. The summed E-state index contributed by atoms with van der Waals surface area (Å²) in [7, 11) is -1.33. The van der Waals surface area contributed by atoms with Crippen LogP contribution in [0.2, 0.25) is 0 Å². The molecule has 9 heteroatoms. The Kier molecular flexibility index (Phi) is 5.05. The van der Waals surface area contributed by atoms with Gasteiger partial charge < -0.3 is 14.9 Å². The fraction of sp³-hybridized carbons (Fsp3) is 0.364. The first kappa shape index (κ1) is 19.9. The van der Waals surface area contributed by atoms with Gasteiger partial charge in [0.05, 0.1) is 11.1 Å². The second-order valence-corrected chi connectivity index (χ2v) is 10.2. The SMILES string of the molecule is CN(c1ncnc2[nH]ccc12)[C@H]1CC[C@H](CS(=O)(=O)Nc2ccc3[nH]ccc3c2)CC1. The van der Waals surface area contributed by atoms with E-state index in [0.717, 1.165) is 53.4 Å². The minimum absolute atomic E-state index is 0.157. The van der Waals surface area contributed by atoms with Gasteiger partial charge >= 0.3 is 0 Å². The molecule has 3 N–H and O–H groups in total. The molecule has 1 aliphatic carbocycles. The summed E-state index contributed by atoms with van der Waals surface area (Å²) in [6.45, 7) is 0. The lowest BCUT2D eigenvalue weighted by atomic mass is 9.86. The summed E-state index contributed by atoms with van der Waals surface area (Å²) in [5, 5.41) is 2.00. The zero-order valence-corrected chi connectivity index (χ0v) is 18.2. The van der Waals surface area contributed by atoms with E-state index in [0.29, 0.717) is 11.7 Å². The van der Waals surface area contributed by atoms with Crippen LogP contribution in [-0.2, 0) is 10.0 Å². The van der Waals surface area contributed by atoms with Crippen molar-refractivity contribution in [2.45, 2.75) is 31.7 Å². The molecule has 1 fully saturated rings. The quantitative estimate of drug-likeness (QED) is 0.424. The van der Waals surface area contributed by atoms with Crippen LogP contribution in [0.3, 0.4) is 0 Å². The van der Waals surface area contributed by atoms with Crippen molar-refractivity contribution in [1.29, 1.82) is 0 Å². The van der Waals surface area contributed by atoms with E-state index in [4.69, 9.17) is 0 Å². The fourth-order valence-corrected chi connectivity index (χ4v) is 6.18. The molecule has 0 atom stereocenters. The minimum Gasteiger partial charge on any atom is -0.361 e. The van der Waals surface area contributed by atoms with Crippen LogP contribution in [0.15, 0.2) is 49.1 Å². The zero-order chi connectivity index (χ0) is 21.4. The van der Waals surface area contributed by atoms with Crippen molar-refractivity contribution in [3.05, 3.63) is 49.1 Å². The molecule has 1 aromatic carbocycles. The highest BCUT2D eigenvalue weighted by molar-refractivity contribution is 7.92. The van der Waals surface area contributed by atoms with Crippen LogP contribution in [0.5, 0.6) is 0 Å². The topological polar surface area (TPSA) is 107 Å². The highest BCUT2D eigenvalue weighted by atomic mass is 32.2. The van der Waals surface area contributed by atoms with Gasteiger partial charge in [0.25, 0.3) is 0 Å². The number of hydrogen-bond acceptors (Lipinski definition) is 5. The molecule has 0 bridgehead atoms. The maximum Gasteiger partial charge on any atom is 0.232 e. The van der Waals surface area contributed by atoms with Crippen LogP contribution in [0.1, 0.15) is 25.7 Å². The molecular weight excluding hydrogens is 412 g/mol. The number of H-pyrrole nitrogens is 2. The Morgan fingerprint density at radius 3 is 2.71 bits per heavy atom. The maximum atomic E-state index is 12.7. The highest BCUT2D eigenvalue weighted by Crippen LogP contribution is 2.32. The first-order valence-corrected chi connectivity index (χ1v) is 12.2. The van der Waals surface area contributed by atoms with Crippen molar-refractivity contribution < 1.29 is 8.42 Å². The predicted octanol–water partition coefficient (Wildman–Crippen LogP) is 3.88. The maximum absolute atomic E-state index is 12.7. The average Bonchev–Trinajstić information content (AvgIpc) is 3.42. The van der Waals surface area contributed by atoms with E-state index in [2.05, 4.69) is 36.6 Å². The zero-order valence-electron chi connectivity index (χ0n) is 17.4. The Hall–Kier alpha value is -3.07. The van der Waals surface area contributed by atoms with Gasteiger partial charge in [0.15, 0.2) is 0 Å². The number of hydrogen-bond donors (Lipinski definition) is 3. The molecule has 0 amide bonds. The standard InChI is InChI=1S/C22H26N6O2S/c1-28(22-19-9-11-24-21(19)25-14-26-22)18-5-2-15(3-6-18)13-31(29,30)27-17-4-7-20-16(12-17)8-10-23-20/h4,7-12,14-15,18,23,27H,2-3,5-6,13H2,1H3,(H,24,25,26)/t15-,18-. The van der Waals surface area contributed by atoms with Gasteiger partial charge in [0, 0.05) is 42.1 Å². The minimum atomic E-state index is -3.40. The predicted molar refractivity (Wildman–Crippen MR) is 124 cm³/mol. The summed E-state index contributed by atoms with van der Waals surface area (Å²) in [5.74, 6) is 1.24. The molecule has 0 aliphatic heterocycles. The van der Waals surface area contributed by atoms with Crippen molar-refractivity contribution in [1.82, 2.24) is 19.9 Å². The molecule has 5 rings (SSSR count). The molecule has 0 radical (unpaired) electrons. The summed E-state index contributed by atoms with van der Waals surface area (Å²) in [5.41, 5.74) is 2.44. The summed E-state index contributed by atoms with van der Waals surface area (Å²) in [4.78, 5) is 17.2. The Morgan fingerprint density at radius 2 is 1.87 bits per heavy atom. The molecule has 31 heavy (non-hydrogen) atoms. The van der Waals surface area contributed by atoms with Crippen LogP contribution in [0.25, 0.3) is 21.9 Å². The normalized spacial score (nSPS) is 19.6.